The summed E-state index contributed by atoms with van der Waals surface area (Å²) in [6.07, 6.45) is 6.09. The van der Waals surface area contributed by atoms with Gasteiger partial charge in [-0.25, -0.2) is 4.98 Å². The van der Waals surface area contributed by atoms with Gasteiger partial charge >= 0.3 is 0 Å². The lowest BCUT2D eigenvalue weighted by atomic mass is 10.1. The van der Waals surface area contributed by atoms with E-state index in [0.29, 0.717) is 37.9 Å². The minimum Gasteiger partial charge on any atom is -0.497 e. The van der Waals surface area contributed by atoms with Crippen LogP contribution in [0.25, 0.3) is 6.08 Å². The van der Waals surface area contributed by atoms with Gasteiger partial charge in [0.1, 0.15) is 29.6 Å². The number of hydrogen-bond donors (Lipinski definition) is 0. The third-order valence-electron chi connectivity index (χ3n) is 9.17. The summed E-state index contributed by atoms with van der Waals surface area (Å²) < 4.78 is 23.1. The number of nitrogens with zero attached hydrogens (tertiary/aromatic N) is 3. The van der Waals surface area contributed by atoms with Gasteiger partial charge in [-0.1, -0.05) is 54.1 Å². The van der Waals surface area contributed by atoms with Crippen molar-refractivity contribution in [1.82, 2.24) is 14.8 Å². The van der Waals surface area contributed by atoms with E-state index in [1.807, 2.05) is 73.4 Å². The summed E-state index contributed by atoms with van der Waals surface area (Å²) in [6.45, 7) is 11.1. The number of ether oxygens (including phenoxy) is 4. The molecule has 1 fully saturated rings. The van der Waals surface area contributed by atoms with Gasteiger partial charge in [0.25, 0.3) is 0 Å². The summed E-state index contributed by atoms with van der Waals surface area (Å²) in [4.78, 5) is 21.9. The van der Waals surface area contributed by atoms with Crippen LogP contribution in [0.15, 0.2) is 109 Å². The molecule has 1 saturated heterocycles. The molecule has 6 rings (SSSR count). The van der Waals surface area contributed by atoms with E-state index in [-0.39, 0.29) is 5.91 Å². The first-order valence-electron chi connectivity index (χ1n) is 17.8. The van der Waals surface area contributed by atoms with Crippen molar-refractivity contribution in [2.45, 2.75) is 40.3 Å². The van der Waals surface area contributed by atoms with Crippen molar-refractivity contribution in [3.05, 3.63) is 148 Å². The van der Waals surface area contributed by atoms with E-state index >= 15 is 0 Å². The molecule has 0 unspecified atom stereocenters. The Labute approximate surface area is 307 Å². The number of carbonyl (C=O) groups is 1. The molecule has 0 aliphatic carbocycles. The van der Waals surface area contributed by atoms with Crippen LogP contribution in [-0.2, 0) is 24.4 Å². The Morgan fingerprint density at radius 3 is 2.02 bits per heavy atom. The molecule has 1 amide bonds. The molecule has 4 aromatic carbocycles. The summed E-state index contributed by atoms with van der Waals surface area (Å²) >= 11 is 0. The zero-order valence-electron chi connectivity index (χ0n) is 30.5. The number of rotatable bonds is 14. The number of benzene rings is 4. The Morgan fingerprint density at radius 1 is 0.731 bits per heavy atom. The zero-order valence-corrected chi connectivity index (χ0v) is 30.5. The van der Waals surface area contributed by atoms with E-state index in [0.717, 1.165) is 65.6 Å². The standard InChI is InChI=1S/C44H47N3O5/c1-32-5-7-37(8-6-32)31-51-41-18-19-42(45-29-41)52-44-33(2)27-38(28-34(44)3)13-20-43(48)47-24-22-46(23-25-47)30-36-11-9-35(10-12-36)21-26-50-40-16-14-39(49-4)15-17-40/h5-20,27-29H,21-26,30-31H2,1-4H3. The van der Waals surface area contributed by atoms with Gasteiger partial charge in [-0.3, -0.25) is 9.69 Å². The third kappa shape index (κ3) is 10.2. The van der Waals surface area contributed by atoms with Gasteiger partial charge in [0.2, 0.25) is 11.8 Å². The average Bonchev–Trinajstić information content (AvgIpc) is 3.17. The largest absolute Gasteiger partial charge is 0.497 e. The van der Waals surface area contributed by atoms with Crippen LogP contribution in [0.5, 0.6) is 28.9 Å². The number of carbonyl (C=O) groups excluding carboxylic acids is 1. The van der Waals surface area contributed by atoms with Gasteiger partial charge in [0, 0.05) is 51.3 Å². The monoisotopic (exact) mass is 697 g/mol. The predicted octanol–water partition coefficient (Wildman–Crippen LogP) is 8.37. The van der Waals surface area contributed by atoms with Crippen LogP contribution in [0.2, 0.25) is 0 Å². The highest BCUT2D eigenvalue weighted by Gasteiger charge is 2.20. The van der Waals surface area contributed by atoms with Gasteiger partial charge in [0.15, 0.2) is 0 Å². The van der Waals surface area contributed by atoms with Crippen molar-refractivity contribution >= 4 is 12.0 Å². The lowest BCUT2D eigenvalue weighted by molar-refractivity contribution is -0.127. The predicted molar refractivity (Wildman–Crippen MR) is 205 cm³/mol. The number of methoxy groups -OCH3 is 1. The van der Waals surface area contributed by atoms with Crippen molar-refractivity contribution in [2.75, 3.05) is 39.9 Å². The lowest BCUT2D eigenvalue weighted by Crippen LogP contribution is -2.47. The van der Waals surface area contributed by atoms with Gasteiger partial charge in [-0.15, -0.1) is 0 Å². The Hall–Kier alpha value is -5.60. The molecule has 1 aliphatic heterocycles. The number of amides is 1. The molecule has 5 aromatic rings. The maximum atomic E-state index is 13.1. The molecule has 1 aromatic heterocycles. The molecule has 52 heavy (non-hydrogen) atoms. The highest BCUT2D eigenvalue weighted by Crippen LogP contribution is 2.30. The van der Waals surface area contributed by atoms with Gasteiger partial charge in [0.05, 0.1) is 19.9 Å². The number of piperazine rings is 1. The SMILES string of the molecule is COc1ccc(OCCc2ccc(CN3CCN(C(=O)C=Cc4cc(C)c(Oc5ccc(OCc6ccc(C)cc6)cn5)c(C)c4)CC3)cc2)cc1. The summed E-state index contributed by atoms with van der Waals surface area (Å²) in [5.74, 6) is 3.63. The fourth-order valence-electron chi connectivity index (χ4n) is 6.14. The molecular formula is C44H47N3O5. The second-order valence-electron chi connectivity index (χ2n) is 13.2. The molecule has 0 bridgehead atoms. The van der Waals surface area contributed by atoms with Gasteiger partial charge in [-0.2, -0.15) is 0 Å². The van der Waals surface area contributed by atoms with E-state index < -0.39 is 0 Å². The molecular weight excluding hydrogens is 651 g/mol. The lowest BCUT2D eigenvalue weighted by Gasteiger charge is -2.34. The first-order chi connectivity index (χ1) is 25.3. The van der Waals surface area contributed by atoms with Gasteiger partial charge in [-0.05, 0) is 103 Å². The third-order valence-corrected chi connectivity index (χ3v) is 9.17. The number of hydrogen-bond acceptors (Lipinski definition) is 7. The maximum absolute atomic E-state index is 13.1. The van der Waals surface area contributed by atoms with E-state index in [1.54, 1.807) is 19.4 Å². The van der Waals surface area contributed by atoms with Crippen LogP contribution in [0.3, 0.4) is 0 Å². The number of aryl methyl sites for hydroxylation is 3. The second-order valence-corrected chi connectivity index (χ2v) is 13.2. The van der Waals surface area contributed by atoms with Crippen molar-refractivity contribution in [3.63, 3.8) is 0 Å². The molecule has 0 radical (unpaired) electrons. The van der Waals surface area contributed by atoms with E-state index in [2.05, 4.69) is 65.3 Å². The molecule has 2 heterocycles. The quantitative estimate of drug-likeness (QED) is 0.108. The molecule has 8 heteroatoms. The fourth-order valence-corrected chi connectivity index (χ4v) is 6.14. The van der Waals surface area contributed by atoms with Gasteiger partial charge < -0.3 is 23.8 Å². The average molecular weight is 698 g/mol. The van der Waals surface area contributed by atoms with Crippen LogP contribution in [-0.4, -0.2) is 60.6 Å². The topological polar surface area (TPSA) is 73.4 Å². The van der Waals surface area contributed by atoms with E-state index in [9.17, 15) is 4.79 Å². The first kappa shape index (κ1) is 36.2. The van der Waals surface area contributed by atoms with Crippen molar-refractivity contribution in [3.8, 4) is 28.9 Å². The molecule has 1 aliphatic rings. The molecule has 0 N–H and O–H groups in total. The smallest absolute Gasteiger partial charge is 0.246 e. The molecule has 268 valence electrons. The minimum absolute atomic E-state index is 0.0328. The summed E-state index contributed by atoms with van der Waals surface area (Å²) in [6, 6.07) is 32.4. The molecule has 0 saturated carbocycles. The van der Waals surface area contributed by atoms with Crippen LogP contribution >= 0.6 is 0 Å². The van der Waals surface area contributed by atoms with E-state index in [4.69, 9.17) is 18.9 Å². The van der Waals surface area contributed by atoms with Crippen LogP contribution in [0, 0.1) is 20.8 Å². The van der Waals surface area contributed by atoms with Crippen molar-refractivity contribution in [2.24, 2.45) is 0 Å². The van der Waals surface area contributed by atoms with Crippen LogP contribution < -0.4 is 18.9 Å². The Morgan fingerprint density at radius 2 is 1.37 bits per heavy atom. The highest BCUT2D eigenvalue weighted by molar-refractivity contribution is 5.92. The van der Waals surface area contributed by atoms with Crippen LogP contribution in [0.4, 0.5) is 0 Å². The van der Waals surface area contributed by atoms with E-state index in [1.165, 1.54) is 16.7 Å². The Bertz CT molecular complexity index is 1910. The van der Waals surface area contributed by atoms with Crippen molar-refractivity contribution < 1.29 is 23.7 Å². The zero-order chi connectivity index (χ0) is 36.3. The number of pyridine rings is 1. The molecule has 0 atom stereocenters. The van der Waals surface area contributed by atoms with Crippen molar-refractivity contribution in [1.29, 1.82) is 0 Å². The normalized spacial score (nSPS) is 13.3. The second kappa shape index (κ2) is 17.6. The summed E-state index contributed by atoms with van der Waals surface area (Å²) in [5, 5.41) is 0. The molecule has 0 spiro atoms. The fraction of sp³-hybridized carbons (Fsp3) is 0.273. The molecule has 8 nitrogen and oxygen atoms in total. The first-order valence-corrected chi connectivity index (χ1v) is 17.8. The highest BCUT2D eigenvalue weighted by atomic mass is 16.5. The maximum Gasteiger partial charge on any atom is 0.246 e. The Balaban J connectivity index is 0.926. The number of aromatic nitrogens is 1. The van der Waals surface area contributed by atoms with Crippen LogP contribution in [0.1, 0.15) is 38.9 Å². The summed E-state index contributed by atoms with van der Waals surface area (Å²) in [7, 11) is 1.66. The minimum atomic E-state index is 0.0328. The Kier molecular flexibility index (Phi) is 12.2. The summed E-state index contributed by atoms with van der Waals surface area (Å²) in [5.41, 5.74) is 7.74.